The van der Waals surface area contributed by atoms with Gasteiger partial charge in [-0.1, -0.05) is 0 Å². The lowest BCUT2D eigenvalue weighted by atomic mass is 10.2. The van der Waals surface area contributed by atoms with Gasteiger partial charge in [0.25, 0.3) is 0 Å². The zero-order valence-corrected chi connectivity index (χ0v) is 7.36. The molecule has 0 aliphatic carbocycles. The van der Waals surface area contributed by atoms with Crippen LogP contribution in [0.25, 0.3) is 0 Å². The van der Waals surface area contributed by atoms with Crippen LogP contribution in [0.15, 0.2) is 0 Å². The predicted molar refractivity (Wildman–Crippen MR) is 45.9 cm³/mol. The van der Waals surface area contributed by atoms with E-state index < -0.39 is 5.97 Å². The molecule has 0 bridgehead atoms. The SMILES string of the molecule is CC(C(=O)O)N1CCCC1CN. The van der Waals surface area contributed by atoms with Crippen molar-refractivity contribution in [3.8, 4) is 0 Å². The predicted octanol–water partition coefficient (Wildman–Crippen LogP) is -0.117. The summed E-state index contributed by atoms with van der Waals surface area (Å²) in [5.41, 5.74) is 5.53. The monoisotopic (exact) mass is 172 g/mol. The number of aliphatic carboxylic acids is 1. The maximum atomic E-state index is 10.7. The van der Waals surface area contributed by atoms with Crippen LogP contribution in [0, 0.1) is 0 Å². The Morgan fingerprint density at radius 1 is 1.83 bits per heavy atom. The first-order valence-corrected chi connectivity index (χ1v) is 4.35. The van der Waals surface area contributed by atoms with Gasteiger partial charge in [-0.25, -0.2) is 0 Å². The van der Waals surface area contributed by atoms with Gasteiger partial charge in [-0.05, 0) is 26.3 Å². The molecule has 0 aromatic heterocycles. The lowest BCUT2D eigenvalue weighted by molar-refractivity contribution is -0.142. The van der Waals surface area contributed by atoms with Crippen LogP contribution in [0.4, 0.5) is 0 Å². The minimum Gasteiger partial charge on any atom is -0.480 e. The molecule has 12 heavy (non-hydrogen) atoms. The molecular weight excluding hydrogens is 156 g/mol. The Labute approximate surface area is 72.3 Å². The van der Waals surface area contributed by atoms with Crippen LogP contribution in [0.5, 0.6) is 0 Å². The number of carboxylic acids is 1. The molecule has 1 aliphatic rings. The van der Waals surface area contributed by atoms with E-state index in [0.29, 0.717) is 6.54 Å². The Hall–Kier alpha value is -0.610. The van der Waals surface area contributed by atoms with Crippen molar-refractivity contribution in [2.75, 3.05) is 13.1 Å². The van der Waals surface area contributed by atoms with Crippen molar-refractivity contribution in [3.63, 3.8) is 0 Å². The number of nitrogens with two attached hydrogens (primary N) is 1. The quantitative estimate of drug-likeness (QED) is 0.623. The Balaban J connectivity index is 2.55. The molecule has 4 heteroatoms. The third kappa shape index (κ3) is 1.76. The van der Waals surface area contributed by atoms with Crippen LogP contribution in [-0.2, 0) is 4.79 Å². The van der Waals surface area contributed by atoms with Crippen molar-refractivity contribution >= 4 is 5.97 Å². The fourth-order valence-electron chi connectivity index (χ4n) is 1.76. The topological polar surface area (TPSA) is 66.6 Å². The smallest absolute Gasteiger partial charge is 0.320 e. The van der Waals surface area contributed by atoms with E-state index in [0.717, 1.165) is 19.4 Å². The van der Waals surface area contributed by atoms with Gasteiger partial charge in [0.1, 0.15) is 6.04 Å². The van der Waals surface area contributed by atoms with Crippen molar-refractivity contribution in [1.82, 2.24) is 4.90 Å². The van der Waals surface area contributed by atoms with Gasteiger partial charge in [0, 0.05) is 12.6 Å². The molecule has 4 nitrogen and oxygen atoms in total. The minimum absolute atomic E-state index is 0.274. The van der Waals surface area contributed by atoms with E-state index in [2.05, 4.69) is 0 Å². The zero-order valence-electron chi connectivity index (χ0n) is 7.36. The van der Waals surface area contributed by atoms with Crippen molar-refractivity contribution in [1.29, 1.82) is 0 Å². The summed E-state index contributed by atoms with van der Waals surface area (Å²) in [5, 5.41) is 8.77. The maximum absolute atomic E-state index is 10.7. The van der Waals surface area contributed by atoms with E-state index >= 15 is 0 Å². The number of carbonyl (C=O) groups is 1. The van der Waals surface area contributed by atoms with Gasteiger partial charge in [0.2, 0.25) is 0 Å². The molecule has 0 spiro atoms. The normalized spacial score (nSPS) is 27.3. The Kier molecular flexibility index (Phi) is 3.05. The first-order valence-electron chi connectivity index (χ1n) is 4.35. The standard InChI is InChI=1S/C8H16N2O2/c1-6(8(11)12)10-4-2-3-7(10)5-9/h6-7H,2-5,9H2,1H3,(H,11,12). The van der Waals surface area contributed by atoms with Gasteiger partial charge in [-0.15, -0.1) is 0 Å². The van der Waals surface area contributed by atoms with Gasteiger partial charge in [0.15, 0.2) is 0 Å². The molecular formula is C8H16N2O2. The zero-order chi connectivity index (χ0) is 9.14. The number of carboxylic acid groups (broad SMARTS) is 1. The molecule has 1 heterocycles. The Bertz CT molecular complexity index is 172. The number of nitrogens with zero attached hydrogens (tertiary/aromatic N) is 1. The summed E-state index contributed by atoms with van der Waals surface area (Å²) in [5.74, 6) is -0.754. The molecule has 70 valence electrons. The summed E-state index contributed by atoms with van der Waals surface area (Å²) < 4.78 is 0. The number of likely N-dealkylation sites (tertiary alicyclic amines) is 1. The van der Waals surface area contributed by atoms with E-state index in [4.69, 9.17) is 10.8 Å². The fraction of sp³-hybridized carbons (Fsp3) is 0.875. The summed E-state index contributed by atoms with van der Waals surface area (Å²) in [6, 6.07) is -0.114. The summed E-state index contributed by atoms with van der Waals surface area (Å²) in [6.45, 7) is 3.16. The number of hydrogen-bond acceptors (Lipinski definition) is 3. The van der Waals surface area contributed by atoms with Crippen molar-refractivity contribution in [3.05, 3.63) is 0 Å². The highest BCUT2D eigenvalue weighted by atomic mass is 16.4. The van der Waals surface area contributed by atoms with E-state index in [9.17, 15) is 4.79 Å². The van der Waals surface area contributed by atoms with Crippen LogP contribution in [0.3, 0.4) is 0 Å². The third-order valence-corrected chi connectivity index (χ3v) is 2.55. The molecule has 0 aromatic carbocycles. The average Bonchev–Trinajstić information content (AvgIpc) is 2.49. The van der Waals surface area contributed by atoms with Crippen molar-refractivity contribution in [2.45, 2.75) is 31.8 Å². The average molecular weight is 172 g/mol. The maximum Gasteiger partial charge on any atom is 0.320 e. The highest BCUT2D eigenvalue weighted by Gasteiger charge is 2.30. The molecule has 0 saturated carbocycles. The molecule has 1 saturated heterocycles. The summed E-state index contributed by atoms with van der Waals surface area (Å²) in [6.07, 6.45) is 2.10. The van der Waals surface area contributed by atoms with Crippen molar-refractivity contribution in [2.24, 2.45) is 5.73 Å². The van der Waals surface area contributed by atoms with E-state index in [1.807, 2.05) is 4.90 Å². The largest absolute Gasteiger partial charge is 0.480 e. The third-order valence-electron chi connectivity index (χ3n) is 2.55. The molecule has 1 fully saturated rings. The minimum atomic E-state index is -0.754. The summed E-state index contributed by atoms with van der Waals surface area (Å²) >= 11 is 0. The molecule has 2 unspecified atom stereocenters. The highest BCUT2D eigenvalue weighted by Crippen LogP contribution is 2.18. The number of hydrogen-bond donors (Lipinski definition) is 2. The Morgan fingerprint density at radius 2 is 2.50 bits per heavy atom. The molecule has 0 radical (unpaired) electrons. The molecule has 1 aliphatic heterocycles. The molecule has 2 atom stereocenters. The molecule has 0 amide bonds. The van der Waals surface area contributed by atoms with Gasteiger partial charge in [-0.2, -0.15) is 0 Å². The van der Waals surface area contributed by atoms with E-state index in [-0.39, 0.29) is 12.1 Å². The van der Waals surface area contributed by atoms with Gasteiger partial charge in [-0.3, -0.25) is 9.69 Å². The molecule has 1 rings (SSSR count). The lowest BCUT2D eigenvalue weighted by Crippen LogP contribution is -2.45. The van der Waals surface area contributed by atoms with Gasteiger partial charge < -0.3 is 10.8 Å². The van der Waals surface area contributed by atoms with Crippen molar-refractivity contribution < 1.29 is 9.90 Å². The number of rotatable bonds is 3. The summed E-state index contributed by atoms with van der Waals surface area (Å²) in [4.78, 5) is 12.6. The van der Waals surface area contributed by atoms with Crippen LogP contribution >= 0.6 is 0 Å². The highest BCUT2D eigenvalue weighted by molar-refractivity contribution is 5.73. The van der Waals surface area contributed by atoms with Crippen LogP contribution in [0.2, 0.25) is 0 Å². The summed E-state index contributed by atoms with van der Waals surface area (Å²) in [7, 11) is 0. The second kappa shape index (κ2) is 3.87. The van der Waals surface area contributed by atoms with E-state index in [1.165, 1.54) is 0 Å². The first kappa shape index (κ1) is 9.48. The van der Waals surface area contributed by atoms with Crippen LogP contribution < -0.4 is 5.73 Å². The second-order valence-electron chi connectivity index (χ2n) is 3.28. The van der Waals surface area contributed by atoms with Crippen LogP contribution in [0.1, 0.15) is 19.8 Å². The second-order valence-corrected chi connectivity index (χ2v) is 3.28. The first-order chi connectivity index (χ1) is 5.66. The molecule has 3 N–H and O–H groups in total. The van der Waals surface area contributed by atoms with E-state index in [1.54, 1.807) is 6.92 Å². The fourth-order valence-corrected chi connectivity index (χ4v) is 1.76. The Morgan fingerprint density at radius 3 is 3.00 bits per heavy atom. The van der Waals surface area contributed by atoms with Crippen LogP contribution in [-0.4, -0.2) is 41.1 Å². The van der Waals surface area contributed by atoms with Gasteiger partial charge >= 0.3 is 5.97 Å². The van der Waals surface area contributed by atoms with Gasteiger partial charge in [0.05, 0.1) is 0 Å². The molecule has 0 aromatic rings. The lowest BCUT2D eigenvalue weighted by Gasteiger charge is -2.26.